The quantitative estimate of drug-likeness (QED) is 0.735. The van der Waals surface area contributed by atoms with Crippen LogP contribution in [0.2, 0.25) is 0 Å². The van der Waals surface area contributed by atoms with E-state index in [4.69, 9.17) is 9.42 Å². The highest BCUT2D eigenvalue weighted by molar-refractivity contribution is 7.41. The molecule has 0 spiro atoms. The first-order valence-corrected chi connectivity index (χ1v) is 4.64. The second kappa shape index (κ2) is 4.41. The van der Waals surface area contributed by atoms with Gasteiger partial charge in [0, 0.05) is 7.11 Å². The van der Waals surface area contributed by atoms with Gasteiger partial charge in [-0.2, -0.15) is 0 Å². The lowest BCUT2D eigenvalue weighted by Crippen LogP contribution is -1.89. The van der Waals surface area contributed by atoms with E-state index >= 15 is 0 Å². The second-order valence-electron chi connectivity index (χ2n) is 2.28. The summed E-state index contributed by atoms with van der Waals surface area (Å²) >= 11 is 0. The van der Waals surface area contributed by atoms with Crippen molar-refractivity contribution in [3.63, 3.8) is 0 Å². The minimum Gasteiger partial charge on any atom is -0.427 e. The smallest absolute Gasteiger partial charge is 0.394 e. The van der Waals surface area contributed by atoms with Crippen LogP contribution in [0, 0.1) is 6.92 Å². The predicted octanol–water partition coefficient (Wildman–Crippen LogP) is 2.24. The average molecular weight is 186 g/mol. The first-order chi connectivity index (χ1) is 5.74. The van der Waals surface area contributed by atoms with Crippen molar-refractivity contribution in [1.82, 2.24) is 0 Å². The van der Waals surface area contributed by atoms with Gasteiger partial charge < -0.3 is 13.9 Å². The highest BCUT2D eigenvalue weighted by Crippen LogP contribution is 2.34. The van der Waals surface area contributed by atoms with Crippen LogP contribution in [0.1, 0.15) is 5.56 Å². The molecule has 0 amide bonds. The molecule has 0 aliphatic heterocycles. The van der Waals surface area contributed by atoms with Crippen molar-refractivity contribution in [2.45, 2.75) is 6.92 Å². The molecule has 12 heavy (non-hydrogen) atoms. The lowest BCUT2D eigenvalue weighted by Gasteiger charge is -2.10. The summed E-state index contributed by atoms with van der Waals surface area (Å²) in [7, 11) is -0.364. The fraction of sp³-hybridized carbons (Fsp3) is 0.250. The van der Waals surface area contributed by atoms with E-state index in [2.05, 4.69) is 4.52 Å². The van der Waals surface area contributed by atoms with Crippen LogP contribution in [0.15, 0.2) is 24.3 Å². The maximum atomic E-state index is 9.06. The van der Waals surface area contributed by atoms with Crippen LogP contribution in [0.4, 0.5) is 0 Å². The van der Waals surface area contributed by atoms with Gasteiger partial charge in [-0.15, -0.1) is 0 Å². The third-order valence-corrected chi connectivity index (χ3v) is 2.09. The molecule has 0 fully saturated rings. The van der Waals surface area contributed by atoms with E-state index in [0.29, 0.717) is 5.75 Å². The van der Waals surface area contributed by atoms with Gasteiger partial charge in [-0.3, -0.25) is 0 Å². The molecule has 1 rings (SSSR count). The molecule has 1 aromatic rings. The molecule has 3 nitrogen and oxygen atoms in total. The van der Waals surface area contributed by atoms with E-state index in [-0.39, 0.29) is 0 Å². The molecule has 0 aliphatic rings. The van der Waals surface area contributed by atoms with Gasteiger partial charge in [-0.05, 0) is 18.6 Å². The summed E-state index contributed by atoms with van der Waals surface area (Å²) in [5.74, 6) is 0.660. The standard InChI is InChI=1S/C8H11O3P/c1-7-5-3-4-6-8(7)11-12(9)10-2/h3-6,9H,1-2H3. The van der Waals surface area contributed by atoms with Crippen LogP contribution in [0.5, 0.6) is 5.75 Å². The zero-order valence-electron chi connectivity index (χ0n) is 7.02. The maximum Gasteiger partial charge on any atom is 0.394 e. The summed E-state index contributed by atoms with van der Waals surface area (Å²) in [6.45, 7) is 1.91. The first kappa shape index (κ1) is 9.46. The molecule has 66 valence electrons. The third-order valence-electron chi connectivity index (χ3n) is 1.43. The van der Waals surface area contributed by atoms with Crippen LogP contribution in [-0.2, 0) is 4.52 Å². The molecule has 0 aliphatic carbocycles. The van der Waals surface area contributed by atoms with Crippen molar-refractivity contribution >= 4 is 8.60 Å². The zero-order chi connectivity index (χ0) is 8.97. The highest BCUT2D eigenvalue weighted by atomic mass is 31.2. The summed E-state index contributed by atoms with van der Waals surface area (Å²) in [5.41, 5.74) is 0.983. The number of aryl methyl sites for hydroxylation is 1. The minimum absolute atomic E-state index is 0.660. The van der Waals surface area contributed by atoms with Gasteiger partial charge in [0.15, 0.2) is 0 Å². The molecule has 4 heteroatoms. The molecule has 1 unspecified atom stereocenters. The Hall–Kier alpha value is -0.630. The fourth-order valence-electron chi connectivity index (χ4n) is 0.780. The molecule has 1 aromatic carbocycles. The minimum atomic E-state index is -1.77. The Morgan fingerprint density at radius 1 is 1.33 bits per heavy atom. The lowest BCUT2D eigenvalue weighted by atomic mass is 10.2. The molecule has 0 saturated heterocycles. The average Bonchev–Trinajstić information content (AvgIpc) is 2.09. The Labute approximate surface area is 72.9 Å². The molecular formula is C8H11O3P. The van der Waals surface area contributed by atoms with Crippen molar-refractivity contribution in [3.05, 3.63) is 29.8 Å². The van der Waals surface area contributed by atoms with Crippen molar-refractivity contribution in [1.29, 1.82) is 0 Å². The summed E-state index contributed by atoms with van der Waals surface area (Å²) in [6, 6.07) is 7.46. The van der Waals surface area contributed by atoms with Crippen molar-refractivity contribution in [2.24, 2.45) is 0 Å². The Kier molecular flexibility index (Phi) is 3.48. The Bertz CT molecular complexity index is 252. The Morgan fingerprint density at radius 2 is 2.00 bits per heavy atom. The number of hydrogen-bond acceptors (Lipinski definition) is 3. The van der Waals surface area contributed by atoms with Crippen LogP contribution in [0.25, 0.3) is 0 Å². The molecule has 0 aromatic heterocycles. The van der Waals surface area contributed by atoms with E-state index in [9.17, 15) is 0 Å². The van der Waals surface area contributed by atoms with Crippen molar-refractivity contribution in [2.75, 3.05) is 7.11 Å². The Balaban J connectivity index is 2.69. The van der Waals surface area contributed by atoms with E-state index in [1.54, 1.807) is 6.07 Å². The molecule has 0 bridgehead atoms. The molecule has 0 heterocycles. The molecular weight excluding hydrogens is 175 g/mol. The number of rotatable bonds is 3. The van der Waals surface area contributed by atoms with E-state index < -0.39 is 8.60 Å². The van der Waals surface area contributed by atoms with Gasteiger partial charge in [0.25, 0.3) is 0 Å². The Morgan fingerprint density at radius 3 is 2.58 bits per heavy atom. The van der Waals surface area contributed by atoms with Gasteiger partial charge >= 0.3 is 8.60 Å². The van der Waals surface area contributed by atoms with E-state index in [0.717, 1.165) is 5.56 Å². The van der Waals surface area contributed by atoms with Gasteiger partial charge in [0.05, 0.1) is 0 Å². The van der Waals surface area contributed by atoms with E-state index in [1.165, 1.54) is 7.11 Å². The molecule has 1 N–H and O–H groups in total. The summed E-state index contributed by atoms with van der Waals surface area (Å²) in [4.78, 5) is 9.06. The zero-order valence-corrected chi connectivity index (χ0v) is 7.91. The van der Waals surface area contributed by atoms with Crippen LogP contribution in [-0.4, -0.2) is 12.0 Å². The van der Waals surface area contributed by atoms with Gasteiger partial charge in [0.2, 0.25) is 0 Å². The second-order valence-corrected chi connectivity index (χ2v) is 3.30. The van der Waals surface area contributed by atoms with Gasteiger partial charge in [0.1, 0.15) is 5.75 Å². The van der Waals surface area contributed by atoms with Crippen molar-refractivity contribution in [3.8, 4) is 5.75 Å². The first-order valence-electron chi connectivity index (χ1n) is 3.50. The van der Waals surface area contributed by atoms with Gasteiger partial charge in [-0.25, -0.2) is 0 Å². The third kappa shape index (κ3) is 2.45. The molecule has 1 atom stereocenters. The summed E-state index contributed by atoms with van der Waals surface area (Å²) in [6.07, 6.45) is 0. The van der Waals surface area contributed by atoms with Crippen LogP contribution >= 0.6 is 8.60 Å². The van der Waals surface area contributed by atoms with E-state index in [1.807, 2.05) is 25.1 Å². The maximum absolute atomic E-state index is 9.06. The number of para-hydroxylation sites is 1. The molecule has 0 radical (unpaired) electrons. The summed E-state index contributed by atoms with van der Waals surface area (Å²) < 4.78 is 9.70. The van der Waals surface area contributed by atoms with Crippen molar-refractivity contribution < 1.29 is 13.9 Å². The van der Waals surface area contributed by atoms with Crippen LogP contribution < -0.4 is 4.52 Å². The topological polar surface area (TPSA) is 38.7 Å². The SMILES string of the molecule is COP(O)Oc1ccccc1C. The highest BCUT2D eigenvalue weighted by Gasteiger charge is 2.06. The predicted molar refractivity (Wildman–Crippen MR) is 48.0 cm³/mol. The molecule has 0 saturated carbocycles. The monoisotopic (exact) mass is 186 g/mol. The largest absolute Gasteiger partial charge is 0.427 e. The van der Waals surface area contributed by atoms with Crippen LogP contribution in [0.3, 0.4) is 0 Å². The fourth-order valence-corrected chi connectivity index (χ4v) is 1.23. The van der Waals surface area contributed by atoms with Gasteiger partial charge in [-0.1, -0.05) is 18.2 Å². The number of benzene rings is 1. The normalized spacial score (nSPS) is 12.6. The lowest BCUT2D eigenvalue weighted by molar-refractivity contribution is 0.316. The summed E-state index contributed by atoms with van der Waals surface area (Å²) in [5, 5.41) is 0. The number of hydrogen-bond donors (Lipinski definition) is 1.